The Labute approximate surface area is 135 Å². The van der Waals surface area contributed by atoms with Crippen LogP contribution in [0.5, 0.6) is 0 Å². The zero-order chi connectivity index (χ0) is 16.4. The molecule has 2 aromatic rings. The highest BCUT2D eigenvalue weighted by molar-refractivity contribution is 5.98. The van der Waals surface area contributed by atoms with E-state index in [4.69, 9.17) is 0 Å². The van der Waals surface area contributed by atoms with Gasteiger partial charge in [0.15, 0.2) is 11.6 Å². The van der Waals surface area contributed by atoms with Crippen LogP contribution in [0.15, 0.2) is 18.3 Å². The molecule has 8 heteroatoms. The Kier molecular flexibility index (Phi) is 4.33. The number of hydrogen-bond donors (Lipinski definition) is 3. The predicted octanol–water partition coefficient (Wildman–Crippen LogP) is 1.94. The van der Waals surface area contributed by atoms with E-state index in [1.807, 2.05) is 26.4 Å². The molecule has 2 aromatic heterocycles. The normalized spacial score (nSPS) is 19.8. The second kappa shape index (κ2) is 6.41. The summed E-state index contributed by atoms with van der Waals surface area (Å²) in [6.45, 7) is 3.87. The van der Waals surface area contributed by atoms with Crippen molar-refractivity contribution in [3.8, 4) is 0 Å². The molecule has 2 atom stereocenters. The van der Waals surface area contributed by atoms with Gasteiger partial charge in [0, 0.05) is 36.5 Å². The second-order valence-electron chi connectivity index (χ2n) is 6.37. The Morgan fingerprint density at radius 1 is 1.43 bits per heavy atom. The molecule has 2 unspecified atom stereocenters. The van der Waals surface area contributed by atoms with Gasteiger partial charge in [-0.2, -0.15) is 10.2 Å². The van der Waals surface area contributed by atoms with Crippen molar-refractivity contribution < 1.29 is 4.79 Å². The zero-order valence-electron chi connectivity index (χ0n) is 13.7. The van der Waals surface area contributed by atoms with Crippen molar-refractivity contribution in [1.29, 1.82) is 0 Å². The highest BCUT2D eigenvalue weighted by Gasteiger charge is 2.35. The maximum Gasteiger partial charge on any atom is 0.326 e. The quantitative estimate of drug-likeness (QED) is 0.759. The van der Waals surface area contributed by atoms with Gasteiger partial charge in [0.25, 0.3) is 0 Å². The molecular formula is C15H23N7O. The molecule has 0 aromatic carbocycles. The minimum Gasteiger partial charge on any atom is -0.308 e. The van der Waals surface area contributed by atoms with Crippen molar-refractivity contribution in [3.63, 3.8) is 0 Å². The fourth-order valence-corrected chi connectivity index (χ4v) is 2.47. The second-order valence-corrected chi connectivity index (χ2v) is 6.37. The highest BCUT2D eigenvalue weighted by Crippen LogP contribution is 2.46. The van der Waals surface area contributed by atoms with Crippen LogP contribution in [0.25, 0.3) is 0 Å². The Morgan fingerprint density at radius 2 is 2.17 bits per heavy atom. The maximum atomic E-state index is 12.0. The Hall–Kier alpha value is -2.35. The molecule has 124 valence electrons. The predicted molar refractivity (Wildman–Crippen MR) is 88.5 cm³/mol. The van der Waals surface area contributed by atoms with Crippen LogP contribution in [0.2, 0.25) is 0 Å². The molecular weight excluding hydrogens is 294 g/mol. The third-order valence-electron chi connectivity index (χ3n) is 4.01. The molecule has 3 N–H and O–H groups in total. The smallest absolute Gasteiger partial charge is 0.308 e. The molecule has 1 aliphatic rings. The summed E-state index contributed by atoms with van der Waals surface area (Å²) in [5, 5.41) is 16.8. The van der Waals surface area contributed by atoms with E-state index >= 15 is 0 Å². The molecule has 8 nitrogen and oxygen atoms in total. The molecule has 2 heterocycles. The lowest BCUT2D eigenvalue weighted by atomic mass is 10.2. The lowest BCUT2D eigenvalue weighted by Gasteiger charge is -2.08. The van der Waals surface area contributed by atoms with Gasteiger partial charge in [-0.05, 0) is 26.4 Å². The summed E-state index contributed by atoms with van der Waals surface area (Å²) in [5.74, 6) is 2.30. The first-order chi connectivity index (χ1) is 11.0. The summed E-state index contributed by atoms with van der Waals surface area (Å²) >= 11 is 0. The van der Waals surface area contributed by atoms with Crippen LogP contribution < -0.4 is 10.6 Å². The number of carbonyl (C=O) groups excluding carboxylic acids is 1. The number of anilines is 2. The number of hydrogen-bond acceptors (Lipinski definition) is 4. The fraction of sp³-hybridized carbons (Fsp3) is 0.533. The van der Waals surface area contributed by atoms with E-state index in [2.05, 4.69) is 37.8 Å². The number of carbonyl (C=O) groups is 1. The fourth-order valence-electron chi connectivity index (χ4n) is 2.47. The molecule has 0 bridgehead atoms. The van der Waals surface area contributed by atoms with E-state index in [0.29, 0.717) is 23.5 Å². The van der Waals surface area contributed by atoms with E-state index in [0.717, 1.165) is 18.8 Å². The average Bonchev–Trinajstić information content (AvgIpc) is 2.90. The van der Waals surface area contributed by atoms with Crippen LogP contribution in [0.4, 0.5) is 16.4 Å². The van der Waals surface area contributed by atoms with Gasteiger partial charge in [-0.3, -0.25) is 20.4 Å². The molecule has 0 radical (unpaired) electrons. The summed E-state index contributed by atoms with van der Waals surface area (Å²) in [4.78, 5) is 14.1. The van der Waals surface area contributed by atoms with Crippen LogP contribution in [0.3, 0.4) is 0 Å². The van der Waals surface area contributed by atoms with Crippen LogP contribution in [0, 0.1) is 5.92 Å². The minimum atomic E-state index is -0.343. The Morgan fingerprint density at radius 3 is 2.87 bits per heavy atom. The van der Waals surface area contributed by atoms with Crippen LogP contribution >= 0.6 is 0 Å². The van der Waals surface area contributed by atoms with Gasteiger partial charge in [0.05, 0.1) is 6.54 Å². The van der Waals surface area contributed by atoms with Gasteiger partial charge in [-0.25, -0.2) is 4.79 Å². The summed E-state index contributed by atoms with van der Waals surface area (Å²) in [6, 6.07) is 3.32. The molecule has 1 aliphatic carbocycles. The number of likely N-dealkylation sites (N-methyl/N-ethyl adjacent to an activating group) is 1. The summed E-state index contributed by atoms with van der Waals surface area (Å²) < 4.78 is 1.80. The number of aromatic amines is 1. The van der Waals surface area contributed by atoms with Crippen molar-refractivity contribution >= 4 is 17.7 Å². The molecule has 0 saturated heterocycles. The van der Waals surface area contributed by atoms with Crippen molar-refractivity contribution in [2.24, 2.45) is 5.92 Å². The SMILES string of the molecule is CC1CC1c1cc(NC(=O)Nc2ccn(CCN(C)C)n2)n[nH]1. The van der Waals surface area contributed by atoms with Gasteiger partial charge in [0.2, 0.25) is 0 Å². The number of amides is 2. The third kappa shape index (κ3) is 4.10. The molecule has 2 amide bonds. The molecule has 0 spiro atoms. The monoisotopic (exact) mass is 317 g/mol. The first-order valence-electron chi connectivity index (χ1n) is 7.83. The van der Waals surface area contributed by atoms with Gasteiger partial charge >= 0.3 is 6.03 Å². The number of nitrogens with one attached hydrogen (secondary N) is 3. The average molecular weight is 317 g/mol. The van der Waals surface area contributed by atoms with Gasteiger partial charge < -0.3 is 4.90 Å². The number of rotatable bonds is 6. The molecule has 1 saturated carbocycles. The molecule has 0 aliphatic heterocycles. The summed E-state index contributed by atoms with van der Waals surface area (Å²) in [7, 11) is 4.02. The molecule has 1 fully saturated rings. The number of aromatic nitrogens is 4. The summed E-state index contributed by atoms with van der Waals surface area (Å²) in [6.07, 6.45) is 3.03. The maximum absolute atomic E-state index is 12.0. The van der Waals surface area contributed by atoms with E-state index in [-0.39, 0.29) is 6.03 Å². The third-order valence-corrected chi connectivity index (χ3v) is 4.01. The van der Waals surface area contributed by atoms with Crippen LogP contribution in [-0.4, -0.2) is 51.5 Å². The number of urea groups is 1. The standard InChI is InChI=1S/C15H23N7O/c1-10-8-11(10)12-9-14(19-18-12)17-15(23)16-13-4-5-22(20-13)7-6-21(2)3/h4-5,9-11H,6-8H2,1-3H3,(H3,16,17,18,19,20,23). The Bertz CT molecular complexity index is 675. The van der Waals surface area contributed by atoms with Gasteiger partial charge in [-0.15, -0.1) is 0 Å². The number of H-pyrrole nitrogens is 1. The van der Waals surface area contributed by atoms with E-state index in [9.17, 15) is 4.79 Å². The largest absolute Gasteiger partial charge is 0.326 e. The van der Waals surface area contributed by atoms with Crippen LogP contribution in [-0.2, 0) is 6.54 Å². The van der Waals surface area contributed by atoms with Crippen molar-refractivity contribution in [2.75, 3.05) is 31.3 Å². The van der Waals surface area contributed by atoms with Gasteiger partial charge in [-0.1, -0.05) is 6.92 Å². The van der Waals surface area contributed by atoms with Crippen molar-refractivity contribution in [1.82, 2.24) is 24.9 Å². The van der Waals surface area contributed by atoms with E-state index < -0.39 is 0 Å². The first-order valence-corrected chi connectivity index (χ1v) is 7.83. The minimum absolute atomic E-state index is 0.343. The lowest BCUT2D eigenvalue weighted by Crippen LogP contribution is -2.21. The van der Waals surface area contributed by atoms with Gasteiger partial charge in [0.1, 0.15) is 0 Å². The Balaban J connectivity index is 1.50. The van der Waals surface area contributed by atoms with E-state index in [1.54, 1.807) is 10.7 Å². The first kappa shape index (κ1) is 15.5. The van der Waals surface area contributed by atoms with Crippen molar-refractivity contribution in [2.45, 2.75) is 25.8 Å². The van der Waals surface area contributed by atoms with Crippen molar-refractivity contribution in [3.05, 3.63) is 24.0 Å². The molecule has 3 rings (SSSR count). The topological polar surface area (TPSA) is 90.9 Å². The summed E-state index contributed by atoms with van der Waals surface area (Å²) in [5.41, 5.74) is 1.08. The van der Waals surface area contributed by atoms with Crippen LogP contribution in [0.1, 0.15) is 25.0 Å². The molecule has 23 heavy (non-hydrogen) atoms. The lowest BCUT2D eigenvalue weighted by molar-refractivity contribution is 0.262. The zero-order valence-corrected chi connectivity index (χ0v) is 13.7. The highest BCUT2D eigenvalue weighted by atomic mass is 16.2. The number of nitrogens with zero attached hydrogens (tertiary/aromatic N) is 4. The van der Waals surface area contributed by atoms with E-state index in [1.165, 1.54) is 6.42 Å².